The second kappa shape index (κ2) is 7.64. The molecule has 1 unspecified atom stereocenters. The fourth-order valence-corrected chi connectivity index (χ4v) is 4.40. The number of amides is 2. The van der Waals surface area contributed by atoms with Crippen molar-refractivity contribution in [2.45, 2.75) is 31.3 Å². The zero-order valence-corrected chi connectivity index (χ0v) is 16.6. The van der Waals surface area contributed by atoms with Crippen molar-refractivity contribution < 1.29 is 9.59 Å². The zero-order chi connectivity index (χ0) is 19.7. The van der Waals surface area contributed by atoms with Crippen molar-refractivity contribution in [2.75, 3.05) is 16.0 Å². The van der Waals surface area contributed by atoms with Crippen molar-refractivity contribution in [3.05, 3.63) is 60.2 Å². The lowest BCUT2D eigenvalue weighted by atomic mass is 10.1. The molecule has 2 heterocycles. The molecule has 0 aliphatic carbocycles. The first-order chi connectivity index (χ1) is 13.5. The highest BCUT2D eigenvalue weighted by molar-refractivity contribution is 7.99. The van der Waals surface area contributed by atoms with Gasteiger partial charge in [0, 0.05) is 17.8 Å². The highest BCUT2D eigenvalue weighted by Gasteiger charge is 2.29. The van der Waals surface area contributed by atoms with Gasteiger partial charge in [0.2, 0.25) is 11.8 Å². The van der Waals surface area contributed by atoms with Gasteiger partial charge in [0.25, 0.3) is 0 Å². The van der Waals surface area contributed by atoms with Gasteiger partial charge in [-0.15, -0.1) is 0 Å². The van der Waals surface area contributed by atoms with Crippen LogP contribution in [0.15, 0.2) is 59.6 Å². The van der Waals surface area contributed by atoms with E-state index in [0.717, 1.165) is 27.2 Å². The number of aryl methyl sites for hydroxylation is 1. The van der Waals surface area contributed by atoms with E-state index in [-0.39, 0.29) is 30.0 Å². The summed E-state index contributed by atoms with van der Waals surface area (Å²) < 4.78 is 0. The molecule has 1 aliphatic heterocycles. The molecular weight excluding hydrogens is 370 g/mol. The number of thioether (sulfide) groups is 1. The van der Waals surface area contributed by atoms with Gasteiger partial charge in [-0.3, -0.25) is 9.59 Å². The van der Waals surface area contributed by atoms with Crippen LogP contribution in [-0.2, 0) is 9.59 Å². The van der Waals surface area contributed by atoms with Gasteiger partial charge >= 0.3 is 0 Å². The maximum absolute atomic E-state index is 13.1. The minimum Gasteiger partial charge on any atom is -0.324 e. The molecule has 1 N–H and O–H groups in total. The molecule has 1 aliphatic rings. The molecule has 6 heteroatoms. The first kappa shape index (κ1) is 18.5. The number of fused-ring (bicyclic) bond motifs is 2. The summed E-state index contributed by atoms with van der Waals surface area (Å²) in [5.41, 5.74) is 3.49. The van der Waals surface area contributed by atoms with E-state index in [1.54, 1.807) is 4.90 Å². The van der Waals surface area contributed by atoms with Gasteiger partial charge in [-0.05, 0) is 43.7 Å². The predicted octanol–water partition coefficient (Wildman–Crippen LogP) is 4.40. The number of para-hydroxylation sites is 3. The molecule has 5 nitrogen and oxygen atoms in total. The molecule has 0 radical (unpaired) electrons. The van der Waals surface area contributed by atoms with Crippen LogP contribution in [0.4, 0.5) is 11.4 Å². The van der Waals surface area contributed by atoms with Crippen molar-refractivity contribution in [1.29, 1.82) is 0 Å². The first-order valence-corrected chi connectivity index (χ1v) is 10.2. The average Bonchev–Trinajstić information content (AvgIpc) is 2.80. The van der Waals surface area contributed by atoms with Gasteiger partial charge < -0.3 is 10.2 Å². The molecule has 2 amide bonds. The molecule has 0 saturated carbocycles. The molecule has 0 saturated heterocycles. The van der Waals surface area contributed by atoms with E-state index in [1.165, 1.54) is 11.8 Å². The third kappa shape index (κ3) is 3.60. The number of aromatic nitrogens is 1. The minimum atomic E-state index is -0.206. The van der Waals surface area contributed by atoms with Crippen LogP contribution < -0.4 is 10.2 Å². The number of carbonyl (C=O) groups is 2. The van der Waals surface area contributed by atoms with E-state index in [2.05, 4.69) is 23.3 Å². The summed E-state index contributed by atoms with van der Waals surface area (Å²) in [7, 11) is 0. The van der Waals surface area contributed by atoms with Crippen molar-refractivity contribution in [1.82, 2.24) is 4.98 Å². The predicted molar refractivity (Wildman–Crippen MR) is 114 cm³/mol. The number of hydrogen-bond donors (Lipinski definition) is 1. The van der Waals surface area contributed by atoms with Crippen LogP contribution in [0.5, 0.6) is 0 Å². The number of nitrogens with zero attached hydrogens (tertiary/aromatic N) is 2. The Morgan fingerprint density at radius 3 is 2.82 bits per heavy atom. The second-order valence-electron chi connectivity index (χ2n) is 6.97. The number of benzene rings is 2. The summed E-state index contributed by atoms with van der Waals surface area (Å²) in [6, 6.07) is 17.3. The molecule has 0 spiro atoms. The summed E-state index contributed by atoms with van der Waals surface area (Å²) in [4.78, 5) is 31.6. The highest BCUT2D eigenvalue weighted by Crippen LogP contribution is 2.32. The lowest BCUT2D eigenvalue weighted by Gasteiger charge is -2.27. The molecule has 3 aromatic rings. The highest BCUT2D eigenvalue weighted by atomic mass is 32.2. The molecule has 1 aromatic heterocycles. The number of carbonyl (C=O) groups excluding carboxylic acids is 2. The molecular formula is C22H21N3O2S. The van der Waals surface area contributed by atoms with E-state index in [1.807, 2.05) is 55.5 Å². The first-order valence-electron chi connectivity index (χ1n) is 9.23. The fraction of sp³-hybridized carbons (Fsp3) is 0.227. The number of nitrogens with one attached hydrogen (secondary N) is 1. The van der Waals surface area contributed by atoms with E-state index < -0.39 is 0 Å². The van der Waals surface area contributed by atoms with Crippen molar-refractivity contribution in [3.8, 4) is 0 Å². The SMILES string of the molecule is Cc1cc(SCC(=O)N2c3ccccc3NC(=O)CC2C)nc2ccccc12. The van der Waals surface area contributed by atoms with Crippen LogP contribution in [0, 0.1) is 6.92 Å². The molecule has 0 fully saturated rings. The number of hydrogen-bond acceptors (Lipinski definition) is 4. The molecule has 2 aromatic carbocycles. The van der Waals surface area contributed by atoms with Crippen molar-refractivity contribution >= 4 is 45.9 Å². The van der Waals surface area contributed by atoms with Crippen LogP contribution in [0.25, 0.3) is 10.9 Å². The molecule has 28 heavy (non-hydrogen) atoms. The van der Waals surface area contributed by atoms with Gasteiger partial charge in [-0.2, -0.15) is 0 Å². The Balaban J connectivity index is 1.57. The molecule has 1 atom stereocenters. The summed E-state index contributed by atoms with van der Waals surface area (Å²) in [6.07, 6.45) is 0.276. The van der Waals surface area contributed by atoms with Gasteiger partial charge in [0.1, 0.15) is 0 Å². The summed E-state index contributed by atoms with van der Waals surface area (Å²) >= 11 is 1.43. The third-order valence-corrected chi connectivity index (χ3v) is 5.77. The Hall–Kier alpha value is -2.86. The van der Waals surface area contributed by atoms with Crippen molar-refractivity contribution in [2.24, 2.45) is 0 Å². The quantitative estimate of drug-likeness (QED) is 0.672. The summed E-state index contributed by atoms with van der Waals surface area (Å²) in [5, 5.41) is 4.84. The Morgan fingerprint density at radius 2 is 1.96 bits per heavy atom. The average molecular weight is 391 g/mol. The van der Waals surface area contributed by atoms with E-state index in [9.17, 15) is 9.59 Å². The Morgan fingerprint density at radius 1 is 1.21 bits per heavy atom. The number of rotatable bonds is 3. The van der Waals surface area contributed by atoms with Gasteiger partial charge in [0.05, 0.1) is 27.7 Å². The normalized spacial score (nSPS) is 16.4. The van der Waals surface area contributed by atoms with E-state index in [0.29, 0.717) is 5.69 Å². The maximum atomic E-state index is 13.1. The lowest BCUT2D eigenvalue weighted by Crippen LogP contribution is -2.40. The number of anilines is 2. The monoisotopic (exact) mass is 391 g/mol. The summed E-state index contributed by atoms with van der Waals surface area (Å²) in [5.74, 6) is 0.154. The van der Waals surface area contributed by atoms with Crippen LogP contribution in [-0.4, -0.2) is 28.6 Å². The zero-order valence-electron chi connectivity index (χ0n) is 15.8. The summed E-state index contributed by atoms with van der Waals surface area (Å²) in [6.45, 7) is 3.96. The Bertz CT molecular complexity index is 1070. The largest absolute Gasteiger partial charge is 0.324 e. The van der Waals surface area contributed by atoms with E-state index >= 15 is 0 Å². The number of pyridine rings is 1. The minimum absolute atomic E-state index is 0.0333. The standard InChI is InChI=1S/C22H21N3O2S/c1-14-11-21(24-17-8-4-3-7-16(14)17)28-13-22(27)25-15(2)12-20(26)23-18-9-5-6-10-19(18)25/h3-11,15H,12-13H2,1-2H3,(H,23,26). The van der Waals surface area contributed by atoms with Crippen LogP contribution >= 0.6 is 11.8 Å². The smallest absolute Gasteiger partial charge is 0.237 e. The third-order valence-electron chi connectivity index (χ3n) is 4.87. The lowest BCUT2D eigenvalue weighted by molar-refractivity contribution is -0.117. The Kier molecular flexibility index (Phi) is 5.05. The molecule has 142 valence electrons. The second-order valence-corrected chi connectivity index (χ2v) is 7.96. The van der Waals surface area contributed by atoms with Gasteiger partial charge in [-0.1, -0.05) is 42.1 Å². The van der Waals surface area contributed by atoms with Crippen LogP contribution in [0.3, 0.4) is 0 Å². The topological polar surface area (TPSA) is 62.3 Å². The van der Waals surface area contributed by atoms with Crippen molar-refractivity contribution in [3.63, 3.8) is 0 Å². The maximum Gasteiger partial charge on any atom is 0.237 e. The van der Waals surface area contributed by atoms with E-state index in [4.69, 9.17) is 0 Å². The van der Waals surface area contributed by atoms with Crippen LogP contribution in [0.1, 0.15) is 18.9 Å². The van der Waals surface area contributed by atoms with Gasteiger partial charge in [0.15, 0.2) is 0 Å². The van der Waals surface area contributed by atoms with Crippen LogP contribution in [0.2, 0.25) is 0 Å². The van der Waals surface area contributed by atoms with Gasteiger partial charge in [-0.25, -0.2) is 4.98 Å². The molecule has 4 rings (SSSR count). The molecule has 0 bridgehead atoms. The fourth-order valence-electron chi connectivity index (χ4n) is 3.57. The Labute approximate surface area is 168 Å².